The van der Waals surface area contributed by atoms with Crippen LogP contribution >= 0.6 is 0 Å². The normalized spacial score (nSPS) is 14.6. The number of rotatable bonds is 9. The van der Waals surface area contributed by atoms with Gasteiger partial charge in [0, 0.05) is 62.6 Å². The lowest BCUT2D eigenvalue weighted by molar-refractivity contribution is -0.141. The number of aromatic nitrogens is 4. The molecule has 1 aliphatic heterocycles. The zero-order valence-electron chi connectivity index (χ0n) is 24.6. The molecule has 0 spiro atoms. The Kier molecular flexibility index (Phi) is 12.2. The molecule has 3 heterocycles. The van der Waals surface area contributed by atoms with E-state index in [4.69, 9.17) is 10.2 Å². The molecule has 42 heavy (non-hydrogen) atoms. The summed E-state index contributed by atoms with van der Waals surface area (Å²) in [6, 6.07) is 2.95. The highest BCUT2D eigenvalue weighted by molar-refractivity contribution is 5.89. The minimum absolute atomic E-state index is 0.200. The second-order valence-electron chi connectivity index (χ2n) is 11.2. The second-order valence-corrected chi connectivity index (χ2v) is 11.2. The van der Waals surface area contributed by atoms with Crippen LogP contribution in [0.3, 0.4) is 0 Å². The summed E-state index contributed by atoms with van der Waals surface area (Å²) >= 11 is 0. The molecule has 1 aliphatic rings. The van der Waals surface area contributed by atoms with Crippen molar-refractivity contribution in [2.24, 2.45) is 0 Å². The molecule has 0 aliphatic carbocycles. The van der Waals surface area contributed by atoms with Crippen molar-refractivity contribution < 1.29 is 33.0 Å². The van der Waals surface area contributed by atoms with Crippen LogP contribution in [0.15, 0.2) is 35.3 Å². The first-order chi connectivity index (χ1) is 19.5. The lowest BCUT2D eigenvalue weighted by atomic mass is 9.95. The first-order valence-electron chi connectivity index (χ1n) is 13.6. The fourth-order valence-corrected chi connectivity index (χ4v) is 3.97. The first kappa shape index (κ1) is 34.4. The topological polar surface area (TPSA) is 142 Å². The molecule has 0 amide bonds. The van der Waals surface area contributed by atoms with Crippen LogP contribution in [-0.4, -0.2) is 79.3 Å². The molecule has 11 nitrogen and oxygen atoms in total. The van der Waals surface area contributed by atoms with Gasteiger partial charge in [-0.1, -0.05) is 34.6 Å². The fraction of sp³-hybridized carbons (Fsp3) is 0.571. The van der Waals surface area contributed by atoms with Crippen molar-refractivity contribution in [3.05, 3.63) is 58.2 Å². The number of carbonyl (C=O) groups is 2. The van der Waals surface area contributed by atoms with Crippen LogP contribution in [0.2, 0.25) is 0 Å². The van der Waals surface area contributed by atoms with Gasteiger partial charge in [-0.2, -0.15) is 18.2 Å². The predicted octanol–water partition coefficient (Wildman–Crippen LogP) is 3.79. The molecule has 0 saturated carbocycles. The van der Waals surface area contributed by atoms with Gasteiger partial charge < -0.3 is 15.1 Å². The molecule has 0 radical (unpaired) electrons. The van der Waals surface area contributed by atoms with E-state index in [0.717, 1.165) is 44.2 Å². The maximum absolute atomic E-state index is 13.4. The number of halogens is 3. The van der Waals surface area contributed by atoms with Gasteiger partial charge in [0.1, 0.15) is 17.3 Å². The van der Waals surface area contributed by atoms with Gasteiger partial charge in [0.2, 0.25) is 0 Å². The molecule has 0 bridgehead atoms. The Labute approximate surface area is 242 Å². The van der Waals surface area contributed by atoms with Gasteiger partial charge in [-0.3, -0.25) is 9.47 Å². The lowest BCUT2D eigenvalue weighted by Crippen LogP contribution is -2.47. The maximum atomic E-state index is 13.4. The van der Waals surface area contributed by atoms with E-state index in [1.54, 1.807) is 4.57 Å². The number of unbranched alkanes of at least 4 members (excludes halogenated alkanes) is 1. The molecule has 3 rings (SSSR count). The van der Waals surface area contributed by atoms with Gasteiger partial charge in [0.05, 0.1) is 5.69 Å². The summed E-state index contributed by atoms with van der Waals surface area (Å²) in [4.78, 5) is 47.8. The average molecular weight is 597 g/mol. The predicted molar refractivity (Wildman–Crippen MR) is 151 cm³/mol. The quantitative estimate of drug-likeness (QED) is 0.324. The van der Waals surface area contributed by atoms with E-state index < -0.39 is 29.2 Å². The van der Waals surface area contributed by atoms with E-state index in [0.29, 0.717) is 37.6 Å². The number of aliphatic carboxylic acids is 2. The summed E-state index contributed by atoms with van der Waals surface area (Å²) in [5.41, 5.74) is -0.877. The van der Waals surface area contributed by atoms with Crippen molar-refractivity contribution in [2.75, 3.05) is 37.6 Å². The van der Waals surface area contributed by atoms with E-state index in [-0.39, 0.29) is 17.4 Å². The number of alkyl halides is 3. The monoisotopic (exact) mass is 596 g/mol. The minimum atomic E-state index is -4.51. The number of anilines is 1. The van der Waals surface area contributed by atoms with Crippen molar-refractivity contribution in [1.82, 2.24) is 24.4 Å². The Morgan fingerprint density at radius 2 is 1.52 bits per heavy atom. The second kappa shape index (κ2) is 14.9. The number of carboxylic acids is 2. The van der Waals surface area contributed by atoms with Crippen molar-refractivity contribution in [1.29, 1.82) is 0 Å². The van der Waals surface area contributed by atoms with Crippen molar-refractivity contribution in [3.63, 3.8) is 0 Å². The summed E-state index contributed by atoms with van der Waals surface area (Å²) in [5, 5.41) is 15.6. The van der Waals surface area contributed by atoms with Gasteiger partial charge in [-0.15, -0.1) is 0 Å². The minimum Gasteiger partial charge on any atom is -0.478 e. The molecule has 232 valence electrons. The van der Waals surface area contributed by atoms with Crippen molar-refractivity contribution in [3.8, 4) is 0 Å². The van der Waals surface area contributed by atoms with E-state index >= 15 is 0 Å². The fourth-order valence-electron chi connectivity index (χ4n) is 3.97. The number of aryl methyl sites for hydroxylation is 1. The highest BCUT2D eigenvalue weighted by Gasteiger charge is 2.36. The summed E-state index contributed by atoms with van der Waals surface area (Å²) in [7, 11) is 0. The van der Waals surface area contributed by atoms with Crippen LogP contribution in [0.4, 0.5) is 19.0 Å². The van der Waals surface area contributed by atoms with Gasteiger partial charge in [-0.05, 0) is 31.4 Å². The van der Waals surface area contributed by atoms with Crippen molar-refractivity contribution >= 4 is 17.8 Å². The summed E-state index contributed by atoms with van der Waals surface area (Å²) in [6.07, 6.45) is 0.208. The first-order valence-corrected chi connectivity index (χ1v) is 13.6. The molecular weight excluding hydrogens is 557 g/mol. The molecule has 2 aromatic heterocycles. The van der Waals surface area contributed by atoms with Gasteiger partial charge in [0.15, 0.2) is 0 Å². The van der Waals surface area contributed by atoms with E-state index in [1.807, 2.05) is 51.8 Å². The average Bonchev–Trinajstić information content (AvgIpc) is 2.90. The van der Waals surface area contributed by atoms with E-state index in [2.05, 4.69) is 19.9 Å². The van der Waals surface area contributed by atoms with Crippen LogP contribution in [0, 0.1) is 0 Å². The van der Waals surface area contributed by atoms with Gasteiger partial charge in [0.25, 0.3) is 0 Å². The molecule has 1 fully saturated rings. The Hall–Kier alpha value is -3.81. The SMILES string of the molecule is CC(C)c1ccn(CCCCN2CCN(c3cc(C(F)(F)F)nc(C(C)(C)C)n3)CC2)c(=O)n1.O=C(O)C=CC(=O)O. The van der Waals surface area contributed by atoms with E-state index in [1.165, 1.54) is 0 Å². The third-order valence-electron chi connectivity index (χ3n) is 6.35. The molecule has 0 aromatic carbocycles. The molecule has 2 aromatic rings. The summed E-state index contributed by atoms with van der Waals surface area (Å²) in [5.74, 6) is -1.75. The van der Waals surface area contributed by atoms with Crippen LogP contribution in [0.1, 0.15) is 70.6 Å². The number of nitrogens with zero attached hydrogens (tertiary/aromatic N) is 6. The number of piperazine rings is 1. The van der Waals surface area contributed by atoms with Crippen molar-refractivity contribution in [2.45, 2.75) is 71.5 Å². The van der Waals surface area contributed by atoms with Gasteiger partial charge >= 0.3 is 23.8 Å². The Morgan fingerprint density at radius 1 is 0.952 bits per heavy atom. The van der Waals surface area contributed by atoms with Crippen LogP contribution in [0.25, 0.3) is 0 Å². The smallest absolute Gasteiger partial charge is 0.433 e. The number of hydrogen-bond acceptors (Lipinski definition) is 8. The Balaban J connectivity index is 0.000000675. The van der Waals surface area contributed by atoms with Crippen LogP contribution < -0.4 is 10.6 Å². The van der Waals surface area contributed by atoms with Crippen LogP contribution in [-0.2, 0) is 27.7 Å². The van der Waals surface area contributed by atoms with E-state index in [9.17, 15) is 27.6 Å². The lowest BCUT2D eigenvalue weighted by Gasteiger charge is -2.36. The Morgan fingerprint density at radius 3 is 2.00 bits per heavy atom. The summed E-state index contributed by atoms with van der Waals surface area (Å²) in [6.45, 7) is 13.7. The van der Waals surface area contributed by atoms with Gasteiger partial charge in [-0.25, -0.2) is 24.4 Å². The largest absolute Gasteiger partial charge is 0.478 e. The highest BCUT2D eigenvalue weighted by Crippen LogP contribution is 2.32. The number of carboxylic acid groups (broad SMARTS) is 2. The molecule has 2 N–H and O–H groups in total. The Bertz CT molecular complexity index is 1250. The molecule has 14 heteroatoms. The summed E-state index contributed by atoms with van der Waals surface area (Å²) < 4.78 is 41.8. The zero-order chi connectivity index (χ0) is 31.7. The third-order valence-corrected chi connectivity index (χ3v) is 6.35. The molecule has 0 atom stereocenters. The van der Waals surface area contributed by atoms with Crippen LogP contribution in [0.5, 0.6) is 0 Å². The highest BCUT2D eigenvalue weighted by atomic mass is 19.4. The third kappa shape index (κ3) is 11.2. The molecular formula is C28H39F3N6O5. The molecule has 0 unspecified atom stereocenters. The zero-order valence-corrected chi connectivity index (χ0v) is 24.6. The number of hydrogen-bond donors (Lipinski definition) is 2. The standard InChI is InChI=1S/C24H35F3N6O.C4H4O4/c1-17(2)18-8-11-33(22(34)28-18)10-7-6-9-31-12-14-32(15-13-31)20-16-19(24(25,26)27)29-21(30-20)23(3,4)5;5-3(6)1-2-4(7)8/h8,11,16-17H,6-7,9-10,12-15H2,1-5H3;1-2H,(H,5,6)(H,7,8). The maximum Gasteiger partial charge on any atom is 0.433 e. The molecule has 1 saturated heterocycles.